The van der Waals surface area contributed by atoms with Crippen LogP contribution in [-0.2, 0) is 17.3 Å². The highest BCUT2D eigenvalue weighted by atomic mass is 79.9. The van der Waals surface area contributed by atoms with E-state index in [1.54, 1.807) is 12.3 Å². The van der Waals surface area contributed by atoms with E-state index < -0.39 is 10.8 Å². The second-order valence-corrected chi connectivity index (χ2v) is 6.14. The Morgan fingerprint density at radius 3 is 2.81 bits per heavy atom. The molecule has 0 fully saturated rings. The topological polar surface area (TPSA) is 49.3 Å². The van der Waals surface area contributed by atoms with Crippen molar-refractivity contribution in [2.75, 3.05) is 12.0 Å². The van der Waals surface area contributed by atoms with Crippen LogP contribution in [0, 0.1) is 0 Å². The Morgan fingerprint density at radius 1 is 1.56 bits per heavy atom. The molecule has 1 rings (SSSR count). The third kappa shape index (κ3) is 4.63. The van der Waals surface area contributed by atoms with Crippen molar-refractivity contribution in [1.29, 1.82) is 0 Å². The van der Waals surface area contributed by atoms with E-state index in [-0.39, 0.29) is 11.8 Å². The van der Waals surface area contributed by atoms with E-state index in [0.29, 0.717) is 16.8 Å². The first-order chi connectivity index (χ1) is 7.49. The maximum absolute atomic E-state index is 11.0. The lowest BCUT2D eigenvalue weighted by atomic mass is 10.2. The summed E-state index contributed by atoms with van der Waals surface area (Å²) < 4.78 is 11.7. The van der Waals surface area contributed by atoms with Gasteiger partial charge in [0.2, 0.25) is 0 Å². The number of nitrogens with one attached hydrogen (secondary N) is 1. The first-order valence-electron chi connectivity index (χ1n) is 5.00. The van der Waals surface area contributed by atoms with Crippen LogP contribution in [0.5, 0.6) is 5.75 Å². The number of phenolic OH excluding ortho intramolecular Hbond substituents is 1. The smallest absolute Gasteiger partial charge is 0.129 e. The maximum Gasteiger partial charge on any atom is 0.129 e. The molecular weight excluding hydrogens is 290 g/mol. The van der Waals surface area contributed by atoms with Gasteiger partial charge in [-0.2, -0.15) is 0 Å². The normalized spacial score (nSPS) is 14.7. The van der Waals surface area contributed by atoms with Crippen molar-refractivity contribution in [3.63, 3.8) is 0 Å². The highest BCUT2D eigenvalue weighted by Crippen LogP contribution is 2.24. The molecule has 0 heterocycles. The Morgan fingerprint density at radius 2 is 2.25 bits per heavy atom. The molecule has 0 aromatic heterocycles. The Kier molecular flexibility index (Phi) is 5.44. The molecule has 0 saturated heterocycles. The number of rotatable bonds is 5. The van der Waals surface area contributed by atoms with Crippen LogP contribution in [0.15, 0.2) is 22.7 Å². The number of hydrogen-bond acceptors (Lipinski definition) is 3. The Balaban J connectivity index is 2.48. The van der Waals surface area contributed by atoms with Gasteiger partial charge in [0.25, 0.3) is 0 Å². The molecule has 1 aromatic rings. The summed E-state index contributed by atoms with van der Waals surface area (Å²) in [6, 6.07) is 5.61. The minimum absolute atomic E-state index is 0.221. The molecule has 0 saturated carbocycles. The zero-order chi connectivity index (χ0) is 12.1. The van der Waals surface area contributed by atoms with Gasteiger partial charge in [-0.15, -0.1) is 0 Å². The van der Waals surface area contributed by atoms with Gasteiger partial charge in [-0.1, -0.05) is 6.07 Å². The summed E-state index contributed by atoms with van der Waals surface area (Å²) in [4.78, 5) is 0. The van der Waals surface area contributed by atoms with Gasteiger partial charge in [0, 0.05) is 35.4 Å². The predicted molar refractivity (Wildman–Crippen MR) is 71.0 cm³/mol. The van der Waals surface area contributed by atoms with Crippen LogP contribution in [0.1, 0.15) is 12.5 Å². The molecule has 2 N–H and O–H groups in total. The van der Waals surface area contributed by atoms with Crippen LogP contribution >= 0.6 is 15.9 Å². The van der Waals surface area contributed by atoms with E-state index in [9.17, 15) is 9.32 Å². The summed E-state index contributed by atoms with van der Waals surface area (Å²) in [6.07, 6.45) is 1.70. The molecule has 0 aliphatic rings. The molecule has 0 amide bonds. The van der Waals surface area contributed by atoms with Gasteiger partial charge < -0.3 is 10.4 Å². The van der Waals surface area contributed by atoms with Crippen LogP contribution in [0.25, 0.3) is 0 Å². The first-order valence-corrected chi connectivity index (χ1v) is 7.52. The third-order valence-corrected chi connectivity index (χ3v) is 3.76. The molecule has 90 valence electrons. The van der Waals surface area contributed by atoms with Crippen molar-refractivity contribution in [3.05, 3.63) is 28.2 Å². The zero-order valence-electron chi connectivity index (χ0n) is 9.37. The van der Waals surface area contributed by atoms with Crippen molar-refractivity contribution in [2.24, 2.45) is 0 Å². The summed E-state index contributed by atoms with van der Waals surface area (Å²) in [6.45, 7) is 2.72. The van der Waals surface area contributed by atoms with Crippen LogP contribution in [0.3, 0.4) is 0 Å². The van der Waals surface area contributed by atoms with Gasteiger partial charge >= 0.3 is 0 Å². The van der Waals surface area contributed by atoms with Crippen LogP contribution in [0.2, 0.25) is 0 Å². The van der Waals surface area contributed by atoms with Gasteiger partial charge in [-0.3, -0.25) is 4.21 Å². The lowest BCUT2D eigenvalue weighted by Gasteiger charge is -2.12. The van der Waals surface area contributed by atoms with Crippen molar-refractivity contribution in [1.82, 2.24) is 5.32 Å². The second kappa shape index (κ2) is 6.37. The summed E-state index contributed by atoms with van der Waals surface area (Å²) in [7, 11) is -0.773. The lowest BCUT2D eigenvalue weighted by Crippen LogP contribution is -2.30. The zero-order valence-corrected chi connectivity index (χ0v) is 11.8. The standard InChI is InChI=1S/C11H16BrNO2S/c1-8(7-16(2)15)13-6-9-3-4-11(14)10(12)5-9/h3-5,8,13-14H,6-7H2,1-2H3. The Labute approximate surface area is 107 Å². The molecule has 0 spiro atoms. The molecule has 0 bridgehead atoms. The fourth-order valence-corrected chi connectivity index (χ4v) is 2.61. The average Bonchev–Trinajstić information content (AvgIpc) is 2.19. The Bertz CT molecular complexity index is 384. The first kappa shape index (κ1) is 13.7. The van der Waals surface area contributed by atoms with Crippen LogP contribution < -0.4 is 5.32 Å². The number of benzene rings is 1. The molecule has 1 aromatic carbocycles. The van der Waals surface area contributed by atoms with Gasteiger partial charge in [-0.05, 0) is 40.5 Å². The van der Waals surface area contributed by atoms with E-state index in [0.717, 1.165) is 5.56 Å². The summed E-state index contributed by atoms with van der Waals surface area (Å²) in [5.74, 6) is 0.894. The van der Waals surface area contributed by atoms with E-state index in [1.807, 2.05) is 19.1 Å². The molecule has 5 heteroatoms. The fraction of sp³-hybridized carbons (Fsp3) is 0.455. The molecule has 16 heavy (non-hydrogen) atoms. The number of phenols is 1. The van der Waals surface area contributed by atoms with E-state index in [4.69, 9.17) is 0 Å². The lowest BCUT2D eigenvalue weighted by molar-refractivity contribution is 0.471. The van der Waals surface area contributed by atoms with Crippen molar-refractivity contribution in [3.8, 4) is 5.75 Å². The molecular formula is C11H16BrNO2S. The summed E-state index contributed by atoms with van der Waals surface area (Å²) in [5, 5.41) is 12.6. The van der Waals surface area contributed by atoms with Gasteiger partial charge in [0.15, 0.2) is 0 Å². The largest absolute Gasteiger partial charge is 0.507 e. The molecule has 0 aliphatic carbocycles. The van der Waals surface area contributed by atoms with Gasteiger partial charge in [0.05, 0.1) is 4.47 Å². The number of aromatic hydroxyl groups is 1. The highest BCUT2D eigenvalue weighted by Gasteiger charge is 2.04. The van der Waals surface area contributed by atoms with Crippen molar-refractivity contribution < 1.29 is 9.32 Å². The van der Waals surface area contributed by atoms with Crippen molar-refractivity contribution in [2.45, 2.75) is 19.5 Å². The quantitative estimate of drug-likeness (QED) is 0.875. The monoisotopic (exact) mass is 305 g/mol. The molecule has 2 atom stereocenters. The summed E-state index contributed by atoms with van der Waals surface area (Å²) in [5.41, 5.74) is 1.08. The third-order valence-electron chi connectivity index (χ3n) is 2.15. The van der Waals surface area contributed by atoms with Gasteiger partial charge in [0.1, 0.15) is 5.75 Å². The van der Waals surface area contributed by atoms with Crippen LogP contribution in [-0.4, -0.2) is 27.4 Å². The Hall–Kier alpha value is -0.390. The highest BCUT2D eigenvalue weighted by molar-refractivity contribution is 9.10. The van der Waals surface area contributed by atoms with Crippen molar-refractivity contribution >= 4 is 26.7 Å². The SMILES string of the molecule is CC(CS(C)=O)NCc1ccc(O)c(Br)c1. The van der Waals surface area contributed by atoms with E-state index >= 15 is 0 Å². The van der Waals surface area contributed by atoms with E-state index in [1.165, 1.54) is 0 Å². The van der Waals surface area contributed by atoms with Gasteiger partial charge in [-0.25, -0.2) is 0 Å². The minimum atomic E-state index is -0.773. The summed E-state index contributed by atoms with van der Waals surface area (Å²) >= 11 is 3.27. The van der Waals surface area contributed by atoms with Crippen LogP contribution in [0.4, 0.5) is 0 Å². The molecule has 2 unspecified atom stereocenters. The number of halogens is 1. The number of hydrogen-bond donors (Lipinski definition) is 2. The molecule has 3 nitrogen and oxygen atoms in total. The van der Waals surface area contributed by atoms with E-state index in [2.05, 4.69) is 21.2 Å². The maximum atomic E-state index is 11.0. The molecule has 0 aliphatic heterocycles. The predicted octanol–water partition coefficient (Wildman–Crippen LogP) is 2.01. The fourth-order valence-electron chi connectivity index (χ4n) is 1.36. The minimum Gasteiger partial charge on any atom is -0.507 e. The average molecular weight is 306 g/mol. The second-order valence-electron chi connectivity index (χ2n) is 3.81. The molecule has 0 radical (unpaired) electrons.